The van der Waals surface area contributed by atoms with Gasteiger partial charge in [-0.3, -0.25) is 0 Å². The van der Waals surface area contributed by atoms with E-state index in [1.54, 1.807) is 0 Å². The molecule has 0 saturated carbocycles. The minimum absolute atomic E-state index is 0.856. The van der Waals surface area contributed by atoms with E-state index < -0.39 is 10.0 Å². The molecule has 0 aliphatic carbocycles. The van der Waals surface area contributed by atoms with E-state index in [2.05, 4.69) is 5.40 Å². The molecule has 0 aliphatic heterocycles. The Morgan fingerprint density at radius 3 is 1.50 bits per heavy atom. The first kappa shape index (κ1) is 5.84. The van der Waals surface area contributed by atoms with E-state index in [0.717, 1.165) is 0 Å². The third-order valence-electron chi connectivity index (χ3n) is 0.274. The highest BCUT2D eigenvalue weighted by Crippen LogP contribution is 2.31. The van der Waals surface area contributed by atoms with E-state index in [1.165, 1.54) is 0 Å². The zero-order chi connectivity index (χ0) is 5.21. The molecule has 2 heteroatoms. The quantitative estimate of drug-likeness (QED) is 0.422. The van der Waals surface area contributed by atoms with Gasteiger partial charge in [0.25, 0.3) is 0 Å². The van der Waals surface area contributed by atoms with Crippen LogP contribution in [0.4, 0.5) is 0 Å². The molecule has 0 heterocycles. The monoisotopic (exact) mass is 103 g/mol. The second kappa shape index (κ2) is 1.53. The summed E-state index contributed by atoms with van der Waals surface area (Å²) in [5.74, 6) is 0. The Kier molecular flexibility index (Phi) is 1.48. The first-order chi connectivity index (χ1) is 2.56. The lowest BCUT2D eigenvalue weighted by atomic mass is 11.8. The Labute approximate surface area is 40.3 Å². The second-order valence-electron chi connectivity index (χ2n) is 1.93. The van der Waals surface area contributed by atoms with Gasteiger partial charge in [-0.2, -0.15) is 15.3 Å². The van der Waals surface area contributed by atoms with E-state index in [1.807, 2.05) is 18.8 Å². The molecular weight excluding hydrogens is 94.1 g/mol. The van der Waals surface area contributed by atoms with Gasteiger partial charge in [0.15, 0.2) is 0 Å². The maximum Gasteiger partial charge on any atom is 0.112 e. The number of hydrogen-bond acceptors (Lipinski definition) is 1. The number of rotatable bonds is 0. The van der Waals surface area contributed by atoms with Crippen molar-refractivity contribution in [1.29, 1.82) is 5.26 Å². The normalized spacial score (nSPS) is 13.0. The van der Waals surface area contributed by atoms with Gasteiger partial charge < -0.3 is 0 Å². The molecule has 0 saturated heterocycles. The van der Waals surface area contributed by atoms with Gasteiger partial charge in [-0.1, -0.05) is 0 Å². The van der Waals surface area contributed by atoms with Crippen molar-refractivity contribution in [3.63, 3.8) is 0 Å². The molecule has 0 aromatic rings. The fourth-order valence-corrected chi connectivity index (χ4v) is 0. The van der Waals surface area contributed by atoms with Crippen LogP contribution in [0, 0.1) is 10.7 Å². The summed E-state index contributed by atoms with van der Waals surface area (Å²) in [5, 5.41) is 10.4. The summed E-state index contributed by atoms with van der Waals surface area (Å²) >= 11 is 0. The van der Waals surface area contributed by atoms with Crippen LogP contribution in [-0.2, 0) is 0 Å². The van der Waals surface area contributed by atoms with E-state index in [9.17, 15) is 0 Å². The van der Waals surface area contributed by atoms with Crippen LogP contribution in [0.15, 0.2) is 0 Å². The summed E-state index contributed by atoms with van der Waals surface area (Å²) in [6.45, 7) is 0. The van der Waals surface area contributed by atoms with Gasteiger partial charge in [-0.05, 0) is 18.8 Å². The predicted molar refractivity (Wildman–Crippen MR) is 31.0 cm³/mol. The van der Waals surface area contributed by atoms with E-state index in [4.69, 9.17) is 5.26 Å². The van der Waals surface area contributed by atoms with Crippen molar-refractivity contribution < 1.29 is 0 Å². The number of nitrogens with zero attached hydrogens (tertiary/aromatic N) is 1. The summed E-state index contributed by atoms with van der Waals surface area (Å²) in [6, 6.07) is 0. The highest BCUT2D eigenvalue weighted by molar-refractivity contribution is 8.35. The van der Waals surface area contributed by atoms with Crippen molar-refractivity contribution in [2.24, 2.45) is 0 Å². The molecule has 1 nitrogen and oxygen atoms in total. The van der Waals surface area contributed by atoms with E-state index in [0.29, 0.717) is 0 Å². The first-order valence-electron chi connectivity index (χ1n) is 1.65. The van der Waals surface area contributed by atoms with Gasteiger partial charge in [0.2, 0.25) is 0 Å². The predicted octanol–water partition coefficient (Wildman–Crippen LogP) is 1.16. The van der Waals surface area contributed by atoms with Gasteiger partial charge in [0.1, 0.15) is 5.40 Å². The molecule has 0 rings (SSSR count). The van der Waals surface area contributed by atoms with Crippen LogP contribution in [0.3, 0.4) is 0 Å². The molecule has 0 bridgehead atoms. The van der Waals surface area contributed by atoms with E-state index >= 15 is 0 Å². The Morgan fingerprint density at radius 2 is 1.50 bits per heavy atom. The molecule has 6 heavy (non-hydrogen) atoms. The largest absolute Gasteiger partial charge is 0.187 e. The summed E-state index contributed by atoms with van der Waals surface area (Å²) in [4.78, 5) is 0. The fraction of sp³-hybridized carbons (Fsp3) is 0.750. The summed E-state index contributed by atoms with van der Waals surface area (Å²) in [6.07, 6.45) is 5.90. The lowest BCUT2D eigenvalue weighted by Crippen LogP contribution is -1.82. The maximum atomic E-state index is 8.19. The van der Waals surface area contributed by atoms with Crippen LogP contribution >= 0.6 is 10.0 Å². The highest BCUT2D eigenvalue weighted by atomic mass is 32.3. The molecule has 0 aromatic carbocycles. The topological polar surface area (TPSA) is 23.8 Å². The zero-order valence-electron chi connectivity index (χ0n) is 4.36. The van der Waals surface area contributed by atoms with Gasteiger partial charge in [-0.15, -0.1) is 0 Å². The van der Waals surface area contributed by atoms with Crippen LogP contribution in [0.5, 0.6) is 0 Å². The Balaban J connectivity index is 3.55. The molecule has 0 aliphatic rings. The van der Waals surface area contributed by atoms with Gasteiger partial charge in [0.05, 0.1) is 0 Å². The van der Waals surface area contributed by atoms with Crippen LogP contribution in [-0.4, -0.2) is 18.8 Å². The highest BCUT2D eigenvalue weighted by Gasteiger charge is 1.95. The molecule has 0 amide bonds. The third-order valence-corrected chi connectivity index (χ3v) is 0.822. The Hall–Kier alpha value is -0.160. The SMILES string of the molecule is CS(C)(C)C#N. The van der Waals surface area contributed by atoms with Crippen LogP contribution in [0.2, 0.25) is 0 Å². The van der Waals surface area contributed by atoms with E-state index in [-0.39, 0.29) is 0 Å². The lowest BCUT2D eigenvalue weighted by molar-refractivity contribution is 1.56. The van der Waals surface area contributed by atoms with Crippen LogP contribution < -0.4 is 0 Å². The van der Waals surface area contributed by atoms with Gasteiger partial charge in [-0.25, -0.2) is 0 Å². The summed E-state index contributed by atoms with van der Waals surface area (Å²) < 4.78 is 0. The fourth-order valence-electron chi connectivity index (χ4n) is 0. The van der Waals surface area contributed by atoms with Crippen molar-refractivity contribution in [3.8, 4) is 5.40 Å². The molecule has 0 spiro atoms. The van der Waals surface area contributed by atoms with Crippen molar-refractivity contribution in [3.05, 3.63) is 0 Å². The molecule has 0 N–H and O–H groups in total. The minimum atomic E-state index is -0.856. The zero-order valence-corrected chi connectivity index (χ0v) is 5.17. The number of hydrogen-bond donors (Lipinski definition) is 0. The molecule has 0 unspecified atom stereocenters. The maximum absolute atomic E-state index is 8.19. The Bertz CT molecular complexity index is 74.5. The van der Waals surface area contributed by atoms with Crippen molar-refractivity contribution in [1.82, 2.24) is 0 Å². The average molecular weight is 103 g/mol. The van der Waals surface area contributed by atoms with Gasteiger partial charge >= 0.3 is 0 Å². The molecule has 0 radical (unpaired) electrons. The standard InChI is InChI=1S/C4H9NS/c1-6(2,3)4-5/h1-3H3. The van der Waals surface area contributed by atoms with Crippen LogP contribution in [0.1, 0.15) is 0 Å². The third kappa shape index (κ3) is 3.84. The molecule has 36 valence electrons. The molecule has 0 aromatic heterocycles. The van der Waals surface area contributed by atoms with Crippen LogP contribution in [0.25, 0.3) is 0 Å². The van der Waals surface area contributed by atoms with Crippen molar-refractivity contribution in [2.45, 2.75) is 0 Å². The van der Waals surface area contributed by atoms with Crippen molar-refractivity contribution in [2.75, 3.05) is 18.8 Å². The minimum Gasteiger partial charge on any atom is -0.187 e. The summed E-state index contributed by atoms with van der Waals surface area (Å²) in [7, 11) is -0.856. The molecular formula is C4H9NS. The lowest BCUT2D eigenvalue weighted by Gasteiger charge is -2.10. The molecule has 0 atom stereocenters. The Morgan fingerprint density at radius 1 is 1.33 bits per heavy atom. The number of nitriles is 1. The van der Waals surface area contributed by atoms with Crippen molar-refractivity contribution >= 4 is 10.0 Å². The molecule has 0 fully saturated rings. The second-order valence-corrected chi connectivity index (χ2v) is 5.79. The summed E-state index contributed by atoms with van der Waals surface area (Å²) in [5.41, 5.74) is 0. The average Bonchev–Trinajstić information content (AvgIpc) is 1.35. The first-order valence-corrected chi connectivity index (χ1v) is 4.51. The number of thiocyanates is 1. The van der Waals surface area contributed by atoms with Gasteiger partial charge in [0, 0.05) is 0 Å². The smallest absolute Gasteiger partial charge is 0.112 e.